The number of benzene rings is 1. The number of hydrogen-bond donors (Lipinski definition) is 6. The molecule has 0 bridgehead atoms. The van der Waals surface area contributed by atoms with E-state index in [0.29, 0.717) is 48.5 Å². The molecule has 8 nitrogen and oxygen atoms in total. The molecule has 3 rings (SSSR count). The Morgan fingerprint density at radius 3 is 1.48 bits per heavy atom. The van der Waals surface area contributed by atoms with Crippen LogP contribution < -0.4 is 21.3 Å². The highest BCUT2D eigenvalue weighted by atomic mass is 16.3. The van der Waals surface area contributed by atoms with E-state index >= 15 is 0 Å². The van der Waals surface area contributed by atoms with Gasteiger partial charge in [0, 0.05) is 35.4 Å². The second-order valence-corrected chi connectivity index (χ2v) is 11.0. The molecule has 0 spiro atoms. The molecule has 222 valence electrons. The second-order valence-electron chi connectivity index (χ2n) is 11.0. The van der Waals surface area contributed by atoms with Crippen LogP contribution in [0.15, 0.2) is 47.8 Å². The number of aliphatic hydroxyl groups is 2. The van der Waals surface area contributed by atoms with Gasteiger partial charge in [-0.15, -0.1) is 0 Å². The zero-order valence-electron chi connectivity index (χ0n) is 24.4. The van der Waals surface area contributed by atoms with Crippen molar-refractivity contribution in [1.82, 2.24) is 21.3 Å². The molecule has 40 heavy (non-hydrogen) atoms. The van der Waals surface area contributed by atoms with Crippen molar-refractivity contribution in [3.05, 3.63) is 58.9 Å². The summed E-state index contributed by atoms with van der Waals surface area (Å²) in [5, 5.41) is 34.4. The van der Waals surface area contributed by atoms with Gasteiger partial charge in [0.15, 0.2) is 11.6 Å². The summed E-state index contributed by atoms with van der Waals surface area (Å²) in [4.78, 5) is 27.3. The molecule has 1 aromatic carbocycles. The fraction of sp³-hybridized carbons (Fsp3) is 0.625. The molecule has 1 aromatic rings. The Morgan fingerprint density at radius 1 is 0.650 bits per heavy atom. The van der Waals surface area contributed by atoms with E-state index in [1.54, 1.807) is 36.4 Å². The summed E-state index contributed by atoms with van der Waals surface area (Å²) in [5.74, 6) is -1.88. The number of carbonyl (C=O) groups excluding carboxylic acids is 2. The van der Waals surface area contributed by atoms with E-state index in [9.17, 15) is 19.8 Å². The van der Waals surface area contributed by atoms with Gasteiger partial charge < -0.3 is 31.5 Å². The van der Waals surface area contributed by atoms with Gasteiger partial charge in [0.25, 0.3) is 0 Å². The van der Waals surface area contributed by atoms with Crippen molar-refractivity contribution in [3.63, 3.8) is 0 Å². The molecule has 0 fully saturated rings. The van der Waals surface area contributed by atoms with Gasteiger partial charge >= 0.3 is 0 Å². The number of allylic oxidation sites excluding steroid dienone is 4. The second kappa shape index (κ2) is 17.3. The van der Waals surface area contributed by atoms with Gasteiger partial charge in [-0.1, -0.05) is 76.6 Å². The average molecular weight is 555 g/mol. The Bertz CT molecular complexity index is 929. The third-order valence-corrected chi connectivity index (χ3v) is 7.74. The lowest BCUT2D eigenvalue weighted by Gasteiger charge is -2.37. The topological polar surface area (TPSA) is 123 Å². The van der Waals surface area contributed by atoms with Crippen LogP contribution in [0.1, 0.15) is 98.8 Å². The number of nitrogens with one attached hydrogen (secondary N) is 4. The van der Waals surface area contributed by atoms with Crippen molar-refractivity contribution >= 4 is 11.6 Å². The van der Waals surface area contributed by atoms with Crippen molar-refractivity contribution in [2.24, 2.45) is 11.8 Å². The third-order valence-electron chi connectivity index (χ3n) is 7.74. The lowest BCUT2D eigenvalue weighted by atomic mass is 9.69. The van der Waals surface area contributed by atoms with Crippen LogP contribution in [0.2, 0.25) is 0 Å². The van der Waals surface area contributed by atoms with Gasteiger partial charge in [-0.3, -0.25) is 9.59 Å². The molecular weight excluding hydrogens is 504 g/mol. The maximum Gasteiger partial charge on any atom is 0.173 e. The number of ketones is 2. The molecule has 4 unspecified atom stereocenters. The molecule has 0 saturated carbocycles. The number of fused-ring (bicyclic) bond motifs is 2. The average Bonchev–Trinajstić information content (AvgIpc) is 2.95. The number of aliphatic hydroxyl groups excluding tert-OH is 2. The van der Waals surface area contributed by atoms with Crippen LogP contribution in [0, 0.1) is 11.8 Å². The maximum absolute atomic E-state index is 13.7. The van der Waals surface area contributed by atoms with Crippen molar-refractivity contribution in [3.8, 4) is 0 Å². The number of Topliss-reactive ketones (excluding diaryl/α,β-unsaturated/α-hetero) is 2. The minimum absolute atomic E-state index is 0.157. The van der Waals surface area contributed by atoms with Crippen LogP contribution in [-0.4, -0.2) is 60.4 Å². The summed E-state index contributed by atoms with van der Waals surface area (Å²) in [6.45, 7) is 7.51. The SMILES string of the molecule is CCCCCCNCCC(O)NC1=CC=C(NC(O)CCNCCCCCC)C2C(=O)c3ccccc3C(=O)C12. The van der Waals surface area contributed by atoms with Crippen molar-refractivity contribution in [1.29, 1.82) is 0 Å². The minimum atomic E-state index is -0.855. The summed E-state index contributed by atoms with van der Waals surface area (Å²) in [6.07, 6.45) is 12.2. The normalized spacial score (nSPS) is 19.8. The smallest absolute Gasteiger partial charge is 0.173 e. The summed E-state index contributed by atoms with van der Waals surface area (Å²) < 4.78 is 0. The summed E-state index contributed by atoms with van der Waals surface area (Å²) in [7, 11) is 0. The van der Waals surface area contributed by atoms with Crippen LogP contribution in [0.3, 0.4) is 0 Å². The van der Waals surface area contributed by atoms with E-state index in [-0.39, 0.29) is 11.6 Å². The Morgan fingerprint density at radius 2 is 1.07 bits per heavy atom. The van der Waals surface area contributed by atoms with E-state index in [0.717, 1.165) is 25.9 Å². The molecule has 0 amide bonds. The molecule has 0 aromatic heterocycles. The molecule has 0 aliphatic heterocycles. The van der Waals surface area contributed by atoms with E-state index in [2.05, 4.69) is 35.1 Å². The lowest BCUT2D eigenvalue weighted by Crippen LogP contribution is -2.48. The molecular formula is C32H50N4O4. The van der Waals surface area contributed by atoms with Crippen LogP contribution in [0.5, 0.6) is 0 Å². The monoisotopic (exact) mass is 554 g/mol. The van der Waals surface area contributed by atoms with Crippen molar-refractivity contribution < 1.29 is 19.8 Å². The zero-order valence-corrected chi connectivity index (χ0v) is 24.4. The molecule has 4 atom stereocenters. The fourth-order valence-corrected chi connectivity index (χ4v) is 5.47. The molecule has 8 heteroatoms. The highest BCUT2D eigenvalue weighted by molar-refractivity contribution is 6.18. The van der Waals surface area contributed by atoms with Crippen molar-refractivity contribution in [2.45, 2.75) is 90.5 Å². The van der Waals surface area contributed by atoms with Gasteiger partial charge in [-0.05, 0) is 51.2 Å². The predicted octanol–water partition coefficient (Wildman–Crippen LogP) is 4.02. The Hall–Kier alpha value is -2.52. The maximum atomic E-state index is 13.7. The number of rotatable bonds is 20. The molecule has 2 aliphatic carbocycles. The first kappa shape index (κ1) is 32.0. The van der Waals surface area contributed by atoms with Crippen LogP contribution in [0.25, 0.3) is 0 Å². The number of unbranched alkanes of at least 4 members (excludes halogenated alkanes) is 6. The molecule has 6 N–H and O–H groups in total. The Labute approximate surface area is 240 Å². The van der Waals surface area contributed by atoms with Crippen molar-refractivity contribution in [2.75, 3.05) is 26.2 Å². The number of hydrogen-bond acceptors (Lipinski definition) is 8. The predicted molar refractivity (Wildman–Crippen MR) is 160 cm³/mol. The Balaban J connectivity index is 1.63. The standard InChI is InChI=1S/C32H50N4O4/c1-3-5-7-11-19-33-21-17-27(37)35-25-15-16-26(36-28(38)18-22-34-20-12-8-6-4-2)30-29(25)31(39)23-13-9-10-14-24(23)32(30)40/h9-10,13-16,27-30,33-38H,3-8,11-12,17-22H2,1-2H3. The van der Waals surface area contributed by atoms with E-state index < -0.39 is 24.3 Å². The highest BCUT2D eigenvalue weighted by Crippen LogP contribution is 2.39. The van der Waals surface area contributed by atoms with E-state index in [4.69, 9.17) is 0 Å². The Kier molecular flexibility index (Phi) is 13.9. The van der Waals surface area contributed by atoms with Gasteiger partial charge in [0.05, 0.1) is 11.8 Å². The first-order chi connectivity index (χ1) is 19.5. The van der Waals surface area contributed by atoms with E-state index in [1.807, 2.05) is 0 Å². The van der Waals surface area contributed by atoms with Gasteiger partial charge in [0.2, 0.25) is 0 Å². The van der Waals surface area contributed by atoms with Crippen LogP contribution >= 0.6 is 0 Å². The van der Waals surface area contributed by atoms with Gasteiger partial charge in [-0.2, -0.15) is 0 Å². The molecule has 0 radical (unpaired) electrons. The van der Waals surface area contributed by atoms with Gasteiger partial charge in [0.1, 0.15) is 12.5 Å². The fourth-order valence-electron chi connectivity index (χ4n) is 5.47. The van der Waals surface area contributed by atoms with E-state index in [1.165, 1.54) is 38.5 Å². The molecule has 0 saturated heterocycles. The summed E-state index contributed by atoms with van der Waals surface area (Å²) in [6, 6.07) is 6.90. The zero-order chi connectivity index (χ0) is 28.7. The first-order valence-corrected chi connectivity index (χ1v) is 15.4. The van der Waals surface area contributed by atoms with Crippen LogP contribution in [-0.2, 0) is 0 Å². The van der Waals surface area contributed by atoms with Crippen LogP contribution in [0.4, 0.5) is 0 Å². The molecule has 2 aliphatic rings. The highest BCUT2D eigenvalue weighted by Gasteiger charge is 2.46. The largest absolute Gasteiger partial charge is 0.374 e. The quantitative estimate of drug-likeness (QED) is 0.106. The molecule has 0 heterocycles. The summed E-state index contributed by atoms with van der Waals surface area (Å²) >= 11 is 0. The summed E-state index contributed by atoms with van der Waals surface area (Å²) in [5.41, 5.74) is 1.86. The minimum Gasteiger partial charge on any atom is -0.374 e. The number of carbonyl (C=O) groups is 2. The first-order valence-electron chi connectivity index (χ1n) is 15.4. The van der Waals surface area contributed by atoms with Gasteiger partial charge in [-0.25, -0.2) is 0 Å². The third kappa shape index (κ3) is 9.26. The lowest BCUT2D eigenvalue weighted by molar-refractivity contribution is 0.0732.